The molecule has 0 radical (unpaired) electrons. The van der Waals surface area contributed by atoms with Crippen LogP contribution in [0.1, 0.15) is 26.7 Å². The number of rotatable bonds is 2. The summed E-state index contributed by atoms with van der Waals surface area (Å²) in [5, 5.41) is 0. The van der Waals surface area contributed by atoms with Crippen molar-refractivity contribution in [1.29, 1.82) is 0 Å². The minimum atomic E-state index is -0.457. The summed E-state index contributed by atoms with van der Waals surface area (Å²) in [6.45, 7) is 3.29. The average Bonchev–Trinajstić information content (AvgIpc) is 1.87. The molecule has 0 bridgehead atoms. The van der Waals surface area contributed by atoms with Crippen LogP contribution in [0.5, 0.6) is 0 Å². The summed E-state index contributed by atoms with van der Waals surface area (Å²) in [4.78, 5) is 20.7. The Morgan fingerprint density at radius 3 is 1.60 bits per heavy atom. The number of ether oxygens (including phenoxy) is 1. The molecule has 0 unspecified atom stereocenters. The molecular weight excluding hydrogens is 134 g/mol. The van der Waals surface area contributed by atoms with Crippen molar-refractivity contribution >= 4 is 11.9 Å². The topological polar surface area (TPSA) is 78.4 Å². The summed E-state index contributed by atoms with van der Waals surface area (Å²) in [6, 6.07) is 0. The van der Waals surface area contributed by atoms with Gasteiger partial charge in [0.05, 0.1) is 0 Å². The number of hydrogen-bond donors (Lipinski definition) is 1. The predicted molar refractivity (Wildman–Crippen MR) is 36.7 cm³/mol. The Morgan fingerprint density at radius 1 is 1.10 bits per heavy atom. The van der Waals surface area contributed by atoms with Crippen LogP contribution in [0.4, 0.5) is 0 Å². The molecule has 0 spiro atoms. The Hall–Kier alpha value is -0.900. The lowest BCUT2D eigenvalue weighted by Crippen LogP contribution is -2.09. The smallest absolute Gasteiger partial charge is 0.313 e. The molecule has 0 aliphatic heterocycles. The van der Waals surface area contributed by atoms with E-state index < -0.39 is 11.9 Å². The van der Waals surface area contributed by atoms with Crippen molar-refractivity contribution in [2.24, 2.45) is 0 Å². The first-order valence-corrected chi connectivity index (χ1v) is 2.94. The Morgan fingerprint density at radius 2 is 1.40 bits per heavy atom. The van der Waals surface area contributed by atoms with E-state index in [0.29, 0.717) is 0 Å². The van der Waals surface area contributed by atoms with Crippen molar-refractivity contribution in [2.75, 3.05) is 0 Å². The Labute approximate surface area is 60.1 Å². The molecule has 4 nitrogen and oxygen atoms in total. The van der Waals surface area contributed by atoms with Crippen molar-refractivity contribution in [3.05, 3.63) is 0 Å². The molecule has 0 atom stereocenters. The van der Waals surface area contributed by atoms with Gasteiger partial charge in [-0.2, -0.15) is 0 Å². The van der Waals surface area contributed by atoms with Gasteiger partial charge < -0.3 is 10.9 Å². The molecule has 0 aromatic carbocycles. The van der Waals surface area contributed by atoms with E-state index >= 15 is 0 Å². The van der Waals surface area contributed by atoms with Crippen LogP contribution in [0, 0.1) is 0 Å². The molecule has 0 fully saturated rings. The van der Waals surface area contributed by atoms with Gasteiger partial charge in [-0.15, -0.1) is 0 Å². The van der Waals surface area contributed by atoms with Gasteiger partial charge in [-0.3, -0.25) is 9.59 Å². The van der Waals surface area contributed by atoms with Crippen molar-refractivity contribution < 1.29 is 14.3 Å². The van der Waals surface area contributed by atoms with E-state index in [1.165, 1.54) is 0 Å². The molecule has 0 aromatic heterocycles. The van der Waals surface area contributed by atoms with Gasteiger partial charge in [0.2, 0.25) is 0 Å². The fraction of sp³-hybridized carbons (Fsp3) is 0.667. The Balaban J connectivity index is 0. The van der Waals surface area contributed by atoms with E-state index in [1.54, 1.807) is 13.8 Å². The van der Waals surface area contributed by atoms with Crippen molar-refractivity contribution in [1.82, 2.24) is 6.15 Å². The third-order valence-electron chi connectivity index (χ3n) is 0.805. The standard InChI is InChI=1S/C6H10O3.H3N/c1-3-5(7)9-6(8)4-2;/h3-4H2,1-2H3;1H3. The maximum absolute atomic E-state index is 10.3. The first kappa shape index (κ1) is 11.8. The molecule has 0 rings (SSSR count). The van der Waals surface area contributed by atoms with Gasteiger partial charge in [-0.25, -0.2) is 0 Å². The normalized spacial score (nSPS) is 7.80. The van der Waals surface area contributed by atoms with Gasteiger partial charge in [0.1, 0.15) is 0 Å². The van der Waals surface area contributed by atoms with Gasteiger partial charge in [0.15, 0.2) is 0 Å². The molecule has 0 aromatic rings. The highest BCUT2D eigenvalue weighted by Crippen LogP contribution is 1.88. The largest absolute Gasteiger partial charge is 0.393 e. The van der Waals surface area contributed by atoms with Crippen LogP contribution in [0.15, 0.2) is 0 Å². The predicted octanol–water partition coefficient (Wildman–Crippen LogP) is 1.04. The van der Waals surface area contributed by atoms with Gasteiger partial charge in [-0.1, -0.05) is 13.8 Å². The Bertz CT molecular complexity index is 108. The summed E-state index contributed by atoms with van der Waals surface area (Å²) in [7, 11) is 0. The van der Waals surface area contributed by atoms with Crippen LogP contribution < -0.4 is 6.15 Å². The SMILES string of the molecule is CCC(=O)OC(=O)CC.N. The van der Waals surface area contributed by atoms with E-state index in [0.717, 1.165) is 0 Å². The van der Waals surface area contributed by atoms with Crippen molar-refractivity contribution in [2.45, 2.75) is 26.7 Å². The second-order valence-corrected chi connectivity index (χ2v) is 1.55. The van der Waals surface area contributed by atoms with Gasteiger partial charge in [0.25, 0.3) is 0 Å². The van der Waals surface area contributed by atoms with Crippen molar-refractivity contribution in [3.8, 4) is 0 Å². The summed E-state index contributed by atoms with van der Waals surface area (Å²) in [5.41, 5.74) is 0. The zero-order valence-electron chi connectivity index (χ0n) is 6.35. The highest BCUT2D eigenvalue weighted by atomic mass is 16.6. The first-order chi connectivity index (χ1) is 4.20. The van der Waals surface area contributed by atoms with Crippen LogP contribution >= 0.6 is 0 Å². The third-order valence-corrected chi connectivity index (χ3v) is 0.805. The zero-order chi connectivity index (χ0) is 7.28. The second kappa shape index (κ2) is 6.22. The fourth-order valence-electron chi connectivity index (χ4n) is 0.271. The number of carbonyl (C=O) groups excluding carboxylic acids is 2. The van der Waals surface area contributed by atoms with Crippen LogP contribution in [-0.4, -0.2) is 11.9 Å². The molecule has 10 heavy (non-hydrogen) atoms. The van der Waals surface area contributed by atoms with Gasteiger partial charge in [0, 0.05) is 12.8 Å². The summed E-state index contributed by atoms with van der Waals surface area (Å²) in [6.07, 6.45) is 0.511. The van der Waals surface area contributed by atoms with Crippen LogP contribution in [0.25, 0.3) is 0 Å². The minimum absolute atomic E-state index is 0. The average molecular weight is 147 g/mol. The lowest BCUT2D eigenvalue weighted by Gasteiger charge is -1.95. The number of hydrogen-bond acceptors (Lipinski definition) is 4. The Kier molecular flexibility index (Phi) is 7.37. The van der Waals surface area contributed by atoms with Gasteiger partial charge >= 0.3 is 11.9 Å². The van der Waals surface area contributed by atoms with E-state index in [2.05, 4.69) is 4.74 Å². The molecule has 0 aliphatic rings. The molecular formula is C6H13NO3. The highest BCUT2D eigenvalue weighted by molar-refractivity contribution is 5.84. The fourth-order valence-corrected chi connectivity index (χ4v) is 0.271. The summed E-state index contributed by atoms with van der Waals surface area (Å²) < 4.78 is 4.27. The monoisotopic (exact) mass is 147 g/mol. The quantitative estimate of drug-likeness (QED) is 0.467. The maximum atomic E-state index is 10.3. The molecule has 0 saturated carbocycles. The molecule has 0 amide bonds. The molecule has 0 saturated heterocycles. The van der Waals surface area contributed by atoms with Crippen molar-refractivity contribution in [3.63, 3.8) is 0 Å². The molecule has 4 heteroatoms. The van der Waals surface area contributed by atoms with Crippen LogP contribution in [0.3, 0.4) is 0 Å². The van der Waals surface area contributed by atoms with E-state index in [1.807, 2.05) is 0 Å². The van der Waals surface area contributed by atoms with Gasteiger partial charge in [-0.05, 0) is 0 Å². The highest BCUT2D eigenvalue weighted by Gasteiger charge is 2.03. The van der Waals surface area contributed by atoms with Crippen LogP contribution in [0.2, 0.25) is 0 Å². The molecule has 0 heterocycles. The third kappa shape index (κ3) is 5.24. The zero-order valence-corrected chi connectivity index (χ0v) is 6.35. The first-order valence-electron chi connectivity index (χ1n) is 2.94. The summed E-state index contributed by atoms with van der Waals surface area (Å²) in [5.74, 6) is -0.913. The molecule has 0 aliphatic carbocycles. The lowest BCUT2D eigenvalue weighted by molar-refractivity contribution is -0.159. The van der Waals surface area contributed by atoms with Crippen LogP contribution in [-0.2, 0) is 14.3 Å². The molecule has 3 N–H and O–H groups in total. The van der Waals surface area contributed by atoms with E-state index in [9.17, 15) is 9.59 Å². The van der Waals surface area contributed by atoms with E-state index in [-0.39, 0.29) is 19.0 Å². The molecule has 60 valence electrons. The number of esters is 2. The maximum Gasteiger partial charge on any atom is 0.313 e. The lowest BCUT2D eigenvalue weighted by atomic mass is 10.5. The number of carbonyl (C=O) groups is 2. The van der Waals surface area contributed by atoms with E-state index in [4.69, 9.17) is 0 Å². The minimum Gasteiger partial charge on any atom is -0.393 e. The summed E-state index contributed by atoms with van der Waals surface area (Å²) >= 11 is 0. The second-order valence-electron chi connectivity index (χ2n) is 1.55.